The first kappa shape index (κ1) is 12.6. The summed E-state index contributed by atoms with van der Waals surface area (Å²) in [6.45, 7) is 2.25. The minimum absolute atomic E-state index is 0.659. The molecular formula is C17H21NO. The second kappa shape index (κ2) is 4.93. The fraction of sp³-hybridized carbons (Fsp3) is 0.471. The molecule has 0 bridgehead atoms. The van der Waals surface area contributed by atoms with Crippen molar-refractivity contribution in [2.24, 2.45) is 5.92 Å². The van der Waals surface area contributed by atoms with Gasteiger partial charge in [-0.15, -0.1) is 0 Å². The number of aromatic nitrogens is 1. The van der Waals surface area contributed by atoms with Gasteiger partial charge in [0.2, 0.25) is 0 Å². The Labute approximate surface area is 114 Å². The number of aliphatic hydroxyl groups is 1. The summed E-state index contributed by atoms with van der Waals surface area (Å²) in [6, 6.07) is 10.1. The van der Waals surface area contributed by atoms with E-state index in [0.717, 1.165) is 48.1 Å². The lowest BCUT2D eigenvalue weighted by atomic mass is 9.73. The normalized spacial score (nSPS) is 27.6. The van der Waals surface area contributed by atoms with Gasteiger partial charge >= 0.3 is 0 Å². The lowest BCUT2D eigenvalue weighted by Crippen LogP contribution is -2.31. The van der Waals surface area contributed by atoms with Gasteiger partial charge in [0.1, 0.15) is 0 Å². The molecule has 2 heteroatoms. The molecule has 0 saturated heterocycles. The fourth-order valence-corrected chi connectivity index (χ4v) is 3.34. The molecule has 100 valence electrons. The van der Waals surface area contributed by atoms with E-state index in [9.17, 15) is 5.11 Å². The third-order valence-corrected chi connectivity index (χ3v) is 4.66. The Hall–Kier alpha value is -1.41. The number of pyridine rings is 1. The molecule has 1 heterocycles. The van der Waals surface area contributed by atoms with E-state index in [4.69, 9.17) is 0 Å². The van der Waals surface area contributed by atoms with E-state index in [2.05, 4.69) is 24.0 Å². The van der Waals surface area contributed by atoms with Crippen LogP contribution in [0.2, 0.25) is 0 Å². The van der Waals surface area contributed by atoms with E-state index in [1.807, 2.05) is 24.4 Å². The molecule has 0 atom stereocenters. The summed E-state index contributed by atoms with van der Waals surface area (Å²) in [5.74, 6) is 0.786. The Morgan fingerprint density at radius 1 is 1.21 bits per heavy atom. The highest BCUT2D eigenvalue weighted by molar-refractivity contribution is 5.82. The second-order valence-corrected chi connectivity index (χ2v) is 5.76. The third-order valence-electron chi connectivity index (χ3n) is 4.66. The number of fused-ring (bicyclic) bond motifs is 1. The topological polar surface area (TPSA) is 33.1 Å². The van der Waals surface area contributed by atoms with Crippen LogP contribution >= 0.6 is 0 Å². The quantitative estimate of drug-likeness (QED) is 0.879. The second-order valence-electron chi connectivity index (χ2n) is 5.76. The smallest absolute Gasteiger partial charge is 0.0903 e. The molecule has 3 rings (SSSR count). The van der Waals surface area contributed by atoms with E-state index >= 15 is 0 Å². The van der Waals surface area contributed by atoms with Gasteiger partial charge in [-0.2, -0.15) is 0 Å². The summed E-state index contributed by atoms with van der Waals surface area (Å²) in [7, 11) is 0. The van der Waals surface area contributed by atoms with Crippen LogP contribution in [0.1, 0.15) is 44.6 Å². The molecule has 0 amide bonds. The summed E-state index contributed by atoms with van der Waals surface area (Å²) < 4.78 is 0. The van der Waals surface area contributed by atoms with Gasteiger partial charge in [-0.25, -0.2) is 0 Å². The monoisotopic (exact) mass is 255 g/mol. The van der Waals surface area contributed by atoms with Crippen molar-refractivity contribution >= 4 is 10.9 Å². The van der Waals surface area contributed by atoms with Crippen molar-refractivity contribution in [3.05, 3.63) is 42.1 Å². The summed E-state index contributed by atoms with van der Waals surface area (Å²) in [4.78, 5) is 4.39. The Kier molecular flexibility index (Phi) is 3.28. The maximum absolute atomic E-state index is 11.0. The Bertz CT molecular complexity index is 565. The van der Waals surface area contributed by atoms with Crippen LogP contribution in [0.3, 0.4) is 0 Å². The molecule has 1 aliphatic carbocycles. The van der Waals surface area contributed by atoms with Crippen LogP contribution in [0.15, 0.2) is 36.5 Å². The Balaban J connectivity index is 2.00. The van der Waals surface area contributed by atoms with Crippen molar-refractivity contribution in [1.82, 2.24) is 4.98 Å². The Morgan fingerprint density at radius 3 is 2.74 bits per heavy atom. The largest absolute Gasteiger partial charge is 0.385 e. The van der Waals surface area contributed by atoms with Crippen molar-refractivity contribution in [1.29, 1.82) is 0 Å². The first-order chi connectivity index (χ1) is 9.23. The maximum atomic E-state index is 11.0. The van der Waals surface area contributed by atoms with Crippen molar-refractivity contribution < 1.29 is 5.11 Å². The summed E-state index contributed by atoms with van der Waals surface area (Å²) >= 11 is 0. The first-order valence-corrected chi connectivity index (χ1v) is 7.29. The number of nitrogens with zero attached hydrogens (tertiary/aromatic N) is 1. The van der Waals surface area contributed by atoms with E-state index in [0.29, 0.717) is 0 Å². The summed E-state index contributed by atoms with van der Waals surface area (Å²) in [6.07, 6.45) is 7.05. The van der Waals surface area contributed by atoms with Crippen molar-refractivity contribution in [2.45, 2.75) is 44.6 Å². The first-order valence-electron chi connectivity index (χ1n) is 7.29. The zero-order valence-electron chi connectivity index (χ0n) is 11.5. The van der Waals surface area contributed by atoms with Gasteiger partial charge in [0.25, 0.3) is 0 Å². The van der Waals surface area contributed by atoms with Crippen LogP contribution in [-0.4, -0.2) is 10.1 Å². The van der Waals surface area contributed by atoms with Crippen LogP contribution in [0.5, 0.6) is 0 Å². The molecule has 2 aromatic rings. The van der Waals surface area contributed by atoms with Crippen molar-refractivity contribution in [2.75, 3.05) is 0 Å². The highest BCUT2D eigenvalue weighted by Crippen LogP contribution is 2.42. The summed E-state index contributed by atoms with van der Waals surface area (Å²) in [5.41, 5.74) is 1.38. The zero-order chi connectivity index (χ0) is 13.3. The van der Waals surface area contributed by atoms with Crippen LogP contribution in [0.4, 0.5) is 0 Å². The standard InChI is InChI=1S/C17H21NO/c1-2-13-8-10-17(19,11-9-13)15-6-3-7-16-14(15)5-4-12-18-16/h3-7,12-13,19H,2,8-11H2,1H3. The molecule has 2 nitrogen and oxygen atoms in total. The molecule has 0 aliphatic heterocycles. The van der Waals surface area contributed by atoms with Crippen LogP contribution in [-0.2, 0) is 5.60 Å². The van der Waals surface area contributed by atoms with Gasteiger partial charge < -0.3 is 5.11 Å². The van der Waals surface area contributed by atoms with E-state index in [1.165, 1.54) is 6.42 Å². The predicted octanol–water partition coefficient (Wildman–Crippen LogP) is 4.02. The molecule has 19 heavy (non-hydrogen) atoms. The van der Waals surface area contributed by atoms with Crippen LogP contribution in [0, 0.1) is 5.92 Å². The minimum atomic E-state index is -0.659. The zero-order valence-corrected chi connectivity index (χ0v) is 11.5. The van der Waals surface area contributed by atoms with E-state index in [1.54, 1.807) is 0 Å². The molecule has 1 aliphatic rings. The highest BCUT2D eigenvalue weighted by atomic mass is 16.3. The average Bonchev–Trinajstić information content (AvgIpc) is 2.47. The molecule has 0 unspecified atom stereocenters. The minimum Gasteiger partial charge on any atom is -0.385 e. The summed E-state index contributed by atoms with van der Waals surface area (Å²) in [5, 5.41) is 12.1. The maximum Gasteiger partial charge on any atom is 0.0903 e. The molecule has 1 N–H and O–H groups in total. The van der Waals surface area contributed by atoms with Gasteiger partial charge in [0.05, 0.1) is 11.1 Å². The van der Waals surface area contributed by atoms with Crippen molar-refractivity contribution in [3.63, 3.8) is 0 Å². The molecular weight excluding hydrogens is 234 g/mol. The molecule has 1 aromatic carbocycles. The van der Waals surface area contributed by atoms with Gasteiger partial charge in [-0.05, 0) is 49.3 Å². The molecule has 0 spiro atoms. The lowest BCUT2D eigenvalue weighted by Gasteiger charge is -2.36. The van der Waals surface area contributed by atoms with Gasteiger partial charge in [-0.1, -0.05) is 31.5 Å². The van der Waals surface area contributed by atoms with E-state index < -0.39 is 5.60 Å². The molecule has 1 saturated carbocycles. The van der Waals surface area contributed by atoms with Crippen LogP contribution in [0.25, 0.3) is 10.9 Å². The number of rotatable bonds is 2. The predicted molar refractivity (Wildman–Crippen MR) is 77.9 cm³/mol. The van der Waals surface area contributed by atoms with Crippen molar-refractivity contribution in [3.8, 4) is 0 Å². The number of hydrogen-bond acceptors (Lipinski definition) is 2. The van der Waals surface area contributed by atoms with E-state index in [-0.39, 0.29) is 0 Å². The van der Waals surface area contributed by atoms with Crippen LogP contribution < -0.4 is 0 Å². The lowest BCUT2D eigenvalue weighted by molar-refractivity contribution is -0.0132. The molecule has 1 fully saturated rings. The number of benzene rings is 1. The average molecular weight is 255 g/mol. The highest BCUT2D eigenvalue weighted by Gasteiger charge is 2.35. The molecule has 0 radical (unpaired) electrons. The number of hydrogen-bond donors (Lipinski definition) is 1. The third kappa shape index (κ3) is 2.25. The van der Waals surface area contributed by atoms with Gasteiger partial charge in [-0.3, -0.25) is 4.98 Å². The fourth-order valence-electron chi connectivity index (χ4n) is 3.34. The Morgan fingerprint density at radius 2 is 2.00 bits per heavy atom. The SMILES string of the molecule is CCC1CCC(O)(c2cccc3ncccc23)CC1. The van der Waals surface area contributed by atoms with Gasteiger partial charge in [0, 0.05) is 11.6 Å². The van der Waals surface area contributed by atoms with Gasteiger partial charge in [0.15, 0.2) is 0 Å². The molecule has 1 aromatic heterocycles.